The van der Waals surface area contributed by atoms with Gasteiger partial charge in [-0.15, -0.1) is 0 Å². The van der Waals surface area contributed by atoms with Gasteiger partial charge in [0, 0.05) is 45.1 Å². The van der Waals surface area contributed by atoms with E-state index in [-0.39, 0.29) is 11.9 Å². The molecule has 2 heterocycles. The zero-order valence-corrected chi connectivity index (χ0v) is 12.5. The zero-order chi connectivity index (χ0) is 15.2. The third-order valence-corrected chi connectivity index (χ3v) is 3.86. The Kier molecular flexibility index (Phi) is 5.12. The molecule has 1 unspecified atom stereocenters. The van der Waals surface area contributed by atoms with Crippen LogP contribution in [0.2, 0.25) is 0 Å². The van der Waals surface area contributed by atoms with Gasteiger partial charge in [-0.05, 0) is 18.6 Å². The molecule has 1 N–H and O–H groups in total. The number of hydrogen-bond acceptors (Lipinski definition) is 5. The summed E-state index contributed by atoms with van der Waals surface area (Å²) in [6, 6.07) is 6.09. The molecule has 6 heteroatoms. The van der Waals surface area contributed by atoms with Gasteiger partial charge in [-0.1, -0.05) is 6.92 Å². The van der Waals surface area contributed by atoms with E-state index in [9.17, 15) is 4.79 Å². The van der Waals surface area contributed by atoms with Crippen LogP contribution >= 0.6 is 0 Å². The summed E-state index contributed by atoms with van der Waals surface area (Å²) in [5.41, 5.74) is 1.44. The fourth-order valence-corrected chi connectivity index (χ4v) is 2.59. The van der Waals surface area contributed by atoms with Crippen LogP contribution in [0.3, 0.4) is 0 Å². The molecule has 112 valence electrons. The van der Waals surface area contributed by atoms with Gasteiger partial charge in [0.25, 0.3) is 5.91 Å². The van der Waals surface area contributed by atoms with Gasteiger partial charge in [-0.25, -0.2) is 0 Å². The lowest BCUT2D eigenvalue weighted by Gasteiger charge is -2.37. The normalized spacial score (nSPS) is 17.1. The maximum atomic E-state index is 11.6. The number of piperazine rings is 1. The third-order valence-electron chi connectivity index (χ3n) is 3.86. The number of aromatic nitrogens is 1. The Morgan fingerprint density at radius 2 is 2.19 bits per heavy atom. The molecule has 0 saturated carbocycles. The molecule has 1 aromatic rings. The Hall–Kier alpha value is -2.13. The predicted octanol–water partition coefficient (Wildman–Crippen LogP) is 0.865. The summed E-state index contributed by atoms with van der Waals surface area (Å²) in [5, 5.41) is 11.7. The first-order valence-corrected chi connectivity index (χ1v) is 7.26. The molecular weight excluding hydrogens is 266 g/mol. The summed E-state index contributed by atoms with van der Waals surface area (Å²) >= 11 is 0. The number of nitrogens with zero attached hydrogens (tertiary/aromatic N) is 4. The highest BCUT2D eigenvalue weighted by Crippen LogP contribution is 2.18. The Labute approximate surface area is 125 Å². The number of amides is 1. The Bertz CT molecular complexity index is 531. The number of anilines is 1. The molecule has 1 amide bonds. The number of carbonyl (C=O) groups excluding carboxylic acids is 1. The minimum Gasteiger partial charge on any atom is -0.369 e. The Morgan fingerprint density at radius 3 is 2.76 bits per heavy atom. The van der Waals surface area contributed by atoms with Crippen LogP contribution in [-0.2, 0) is 0 Å². The van der Waals surface area contributed by atoms with Gasteiger partial charge in [-0.2, -0.15) is 5.26 Å². The first kappa shape index (κ1) is 15.3. The largest absolute Gasteiger partial charge is 0.369 e. The van der Waals surface area contributed by atoms with E-state index >= 15 is 0 Å². The van der Waals surface area contributed by atoms with Gasteiger partial charge < -0.3 is 10.2 Å². The van der Waals surface area contributed by atoms with E-state index < -0.39 is 0 Å². The molecule has 0 aliphatic carbocycles. The van der Waals surface area contributed by atoms with Crippen LogP contribution in [0, 0.1) is 11.3 Å². The lowest BCUT2D eigenvalue weighted by Crippen LogP contribution is -2.50. The molecule has 1 aliphatic heterocycles. The predicted molar refractivity (Wildman–Crippen MR) is 81.1 cm³/mol. The summed E-state index contributed by atoms with van der Waals surface area (Å²) in [7, 11) is 1.60. The summed E-state index contributed by atoms with van der Waals surface area (Å²) < 4.78 is 0. The molecule has 1 saturated heterocycles. The number of nitrogens with one attached hydrogen (secondary N) is 1. The second kappa shape index (κ2) is 7.04. The Morgan fingerprint density at radius 1 is 1.48 bits per heavy atom. The first-order valence-electron chi connectivity index (χ1n) is 7.26. The number of hydrogen-bond donors (Lipinski definition) is 1. The van der Waals surface area contributed by atoms with Crippen LogP contribution in [-0.4, -0.2) is 55.1 Å². The van der Waals surface area contributed by atoms with E-state index in [1.54, 1.807) is 13.2 Å². The van der Waals surface area contributed by atoms with E-state index in [2.05, 4.69) is 26.2 Å². The first-order chi connectivity index (χ1) is 10.2. The summed E-state index contributed by atoms with van der Waals surface area (Å²) in [6.07, 6.45) is 2.52. The number of rotatable bonds is 4. The lowest BCUT2D eigenvalue weighted by molar-refractivity contribution is 0.0958. The van der Waals surface area contributed by atoms with Crippen molar-refractivity contribution in [3.05, 3.63) is 24.0 Å². The SMILES string of the molecule is CCC(C#N)N1CCN(c2ccnc(C(=O)NC)c2)CC1. The van der Waals surface area contributed by atoms with Gasteiger partial charge in [0.2, 0.25) is 0 Å². The van der Waals surface area contributed by atoms with Crippen LogP contribution in [0.5, 0.6) is 0 Å². The van der Waals surface area contributed by atoms with Crippen molar-refractivity contribution >= 4 is 11.6 Å². The molecule has 0 radical (unpaired) electrons. The molecule has 0 bridgehead atoms. The maximum Gasteiger partial charge on any atom is 0.269 e. The van der Waals surface area contributed by atoms with Gasteiger partial charge in [-0.3, -0.25) is 14.7 Å². The molecule has 1 fully saturated rings. The molecule has 2 rings (SSSR count). The average molecular weight is 287 g/mol. The van der Waals surface area contributed by atoms with E-state index in [0.29, 0.717) is 5.69 Å². The number of carbonyl (C=O) groups is 1. The quantitative estimate of drug-likeness (QED) is 0.889. The highest BCUT2D eigenvalue weighted by molar-refractivity contribution is 5.92. The van der Waals surface area contributed by atoms with Crippen LogP contribution in [0.4, 0.5) is 5.69 Å². The third kappa shape index (κ3) is 3.50. The molecule has 21 heavy (non-hydrogen) atoms. The van der Waals surface area contributed by atoms with Crippen LogP contribution in [0.15, 0.2) is 18.3 Å². The van der Waals surface area contributed by atoms with Crippen LogP contribution in [0.1, 0.15) is 23.8 Å². The maximum absolute atomic E-state index is 11.6. The molecule has 6 nitrogen and oxygen atoms in total. The zero-order valence-electron chi connectivity index (χ0n) is 12.5. The minimum absolute atomic E-state index is 0.00557. The van der Waals surface area contributed by atoms with Crippen molar-refractivity contribution in [2.24, 2.45) is 0 Å². The van der Waals surface area contributed by atoms with E-state index in [0.717, 1.165) is 38.3 Å². The molecule has 1 aromatic heterocycles. The smallest absolute Gasteiger partial charge is 0.269 e. The number of pyridine rings is 1. The minimum atomic E-state index is -0.175. The fourth-order valence-electron chi connectivity index (χ4n) is 2.59. The number of nitriles is 1. The van der Waals surface area contributed by atoms with Gasteiger partial charge in [0.05, 0.1) is 12.1 Å². The van der Waals surface area contributed by atoms with Gasteiger partial charge >= 0.3 is 0 Å². The molecule has 0 aromatic carbocycles. The standard InChI is InChI=1S/C15H21N5O/c1-3-12(11-16)19-6-8-20(9-7-19)13-4-5-18-14(10-13)15(21)17-2/h4-5,10,12H,3,6-9H2,1-2H3,(H,17,21). The average Bonchev–Trinajstić information content (AvgIpc) is 2.56. The van der Waals surface area contributed by atoms with Crippen molar-refractivity contribution in [3.8, 4) is 6.07 Å². The van der Waals surface area contributed by atoms with E-state index in [1.165, 1.54) is 0 Å². The van der Waals surface area contributed by atoms with Crippen molar-refractivity contribution in [2.75, 3.05) is 38.1 Å². The van der Waals surface area contributed by atoms with Crippen molar-refractivity contribution in [1.82, 2.24) is 15.2 Å². The molecule has 0 spiro atoms. The van der Waals surface area contributed by atoms with Crippen molar-refractivity contribution in [3.63, 3.8) is 0 Å². The van der Waals surface area contributed by atoms with Crippen molar-refractivity contribution < 1.29 is 4.79 Å². The summed E-state index contributed by atoms with van der Waals surface area (Å²) in [5.74, 6) is -0.175. The molecule has 1 aliphatic rings. The lowest BCUT2D eigenvalue weighted by atomic mass is 10.1. The monoisotopic (exact) mass is 287 g/mol. The van der Waals surface area contributed by atoms with Gasteiger partial charge in [0.15, 0.2) is 0 Å². The highest BCUT2D eigenvalue weighted by Gasteiger charge is 2.23. The van der Waals surface area contributed by atoms with E-state index in [4.69, 9.17) is 5.26 Å². The summed E-state index contributed by atoms with van der Waals surface area (Å²) in [6.45, 7) is 5.48. The topological polar surface area (TPSA) is 72.3 Å². The second-order valence-corrected chi connectivity index (χ2v) is 5.05. The molecular formula is C15H21N5O. The van der Waals surface area contributed by atoms with Gasteiger partial charge in [0.1, 0.15) is 5.69 Å². The van der Waals surface area contributed by atoms with Crippen molar-refractivity contribution in [2.45, 2.75) is 19.4 Å². The van der Waals surface area contributed by atoms with Crippen LogP contribution in [0.25, 0.3) is 0 Å². The van der Waals surface area contributed by atoms with E-state index in [1.807, 2.05) is 19.1 Å². The van der Waals surface area contributed by atoms with Crippen LogP contribution < -0.4 is 10.2 Å². The second-order valence-electron chi connectivity index (χ2n) is 5.05. The molecule has 1 atom stereocenters. The highest BCUT2D eigenvalue weighted by atomic mass is 16.1. The fraction of sp³-hybridized carbons (Fsp3) is 0.533. The van der Waals surface area contributed by atoms with Crippen molar-refractivity contribution in [1.29, 1.82) is 5.26 Å². The summed E-state index contributed by atoms with van der Waals surface area (Å²) in [4.78, 5) is 20.2. The Balaban J connectivity index is 2.02.